The molecule has 1 aliphatic rings. The van der Waals surface area contributed by atoms with Gasteiger partial charge in [-0.3, -0.25) is 9.89 Å². The number of carbonyl (C=O) groups excluding carboxylic acids is 1. The third-order valence-corrected chi connectivity index (χ3v) is 6.45. The quantitative estimate of drug-likeness (QED) is 0.361. The molecule has 1 fully saturated rings. The molecule has 10 heteroatoms. The SMILES string of the molecule is COc1cc(OC)c(F)c(-c2ccc3c(NC(=O)c4ccc(N5C[C@@H](C)N[C@@H](C)C5)cc4)n[nH]c3n2)c1. The predicted octanol–water partition coefficient (Wildman–Crippen LogP) is 4.22. The van der Waals surface area contributed by atoms with E-state index in [1.165, 1.54) is 20.3 Å². The number of nitrogens with one attached hydrogen (secondary N) is 3. The van der Waals surface area contributed by atoms with E-state index in [1.54, 1.807) is 18.2 Å². The van der Waals surface area contributed by atoms with Gasteiger partial charge >= 0.3 is 0 Å². The molecule has 0 unspecified atom stereocenters. The van der Waals surface area contributed by atoms with Crippen LogP contribution in [0.4, 0.5) is 15.9 Å². The summed E-state index contributed by atoms with van der Waals surface area (Å²) in [6.07, 6.45) is 0. The van der Waals surface area contributed by atoms with Crippen LogP contribution in [0.3, 0.4) is 0 Å². The van der Waals surface area contributed by atoms with Gasteiger partial charge in [-0.2, -0.15) is 5.10 Å². The van der Waals surface area contributed by atoms with Gasteiger partial charge in [-0.15, -0.1) is 0 Å². The number of aromatic amines is 1. The molecule has 0 saturated carbocycles. The fraction of sp³-hybridized carbons (Fsp3) is 0.296. The first kappa shape index (κ1) is 24.5. The molecule has 0 radical (unpaired) electrons. The highest BCUT2D eigenvalue weighted by Gasteiger charge is 2.22. The molecular formula is C27H29FN6O3. The number of halogens is 1. The molecule has 2 atom stereocenters. The number of rotatable bonds is 6. The van der Waals surface area contributed by atoms with Gasteiger partial charge in [-0.1, -0.05) is 0 Å². The lowest BCUT2D eigenvalue weighted by molar-refractivity contribution is 0.102. The van der Waals surface area contributed by atoms with E-state index >= 15 is 0 Å². The number of ether oxygens (including phenoxy) is 2. The van der Waals surface area contributed by atoms with Crippen LogP contribution in [0.1, 0.15) is 24.2 Å². The molecular weight excluding hydrogens is 475 g/mol. The summed E-state index contributed by atoms with van der Waals surface area (Å²) >= 11 is 0. The van der Waals surface area contributed by atoms with Crippen molar-refractivity contribution in [1.29, 1.82) is 0 Å². The van der Waals surface area contributed by atoms with E-state index in [-0.39, 0.29) is 17.2 Å². The monoisotopic (exact) mass is 504 g/mol. The van der Waals surface area contributed by atoms with E-state index in [0.29, 0.717) is 45.9 Å². The number of hydrogen-bond donors (Lipinski definition) is 3. The maximum absolute atomic E-state index is 14.9. The summed E-state index contributed by atoms with van der Waals surface area (Å²) in [6, 6.07) is 14.8. The standard InChI is InChI=1S/C27H29FN6O3/c1-15-13-34(14-16(2)29-15)18-7-5-17(6-8-18)27(35)31-26-20-9-10-22(30-25(20)32-33-26)21-11-19(36-3)12-23(37-4)24(21)28/h5-12,15-16,29H,13-14H2,1-4H3,(H2,30,31,32,33,35)/t15-,16+. The lowest BCUT2D eigenvalue weighted by atomic mass is 10.1. The Kier molecular flexibility index (Phi) is 6.66. The molecule has 5 rings (SSSR count). The average molecular weight is 505 g/mol. The lowest BCUT2D eigenvalue weighted by Crippen LogP contribution is -2.54. The summed E-state index contributed by atoms with van der Waals surface area (Å²) in [6.45, 7) is 6.16. The first-order valence-corrected chi connectivity index (χ1v) is 12.1. The summed E-state index contributed by atoms with van der Waals surface area (Å²) in [7, 11) is 2.89. The number of benzene rings is 2. The first-order chi connectivity index (χ1) is 17.9. The van der Waals surface area contributed by atoms with Crippen LogP contribution in [-0.2, 0) is 0 Å². The molecule has 1 aliphatic heterocycles. The Morgan fingerprint density at radius 2 is 1.78 bits per heavy atom. The fourth-order valence-electron chi connectivity index (χ4n) is 4.72. The Morgan fingerprint density at radius 1 is 1.05 bits per heavy atom. The van der Waals surface area contributed by atoms with Crippen molar-refractivity contribution in [3.63, 3.8) is 0 Å². The lowest BCUT2D eigenvalue weighted by Gasteiger charge is -2.37. The van der Waals surface area contributed by atoms with Crippen LogP contribution in [0.5, 0.6) is 11.5 Å². The number of carbonyl (C=O) groups is 1. The molecule has 4 aromatic rings. The van der Waals surface area contributed by atoms with Crippen molar-refractivity contribution >= 4 is 28.4 Å². The van der Waals surface area contributed by atoms with Crippen molar-refractivity contribution in [2.75, 3.05) is 37.5 Å². The Hall–Kier alpha value is -4.18. The van der Waals surface area contributed by atoms with Crippen LogP contribution < -0.4 is 25.0 Å². The van der Waals surface area contributed by atoms with Gasteiger partial charge in [0, 0.05) is 48.1 Å². The minimum absolute atomic E-state index is 0.0563. The van der Waals surface area contributed by atoms with Gasteiger partial charge in [0.1, 0.15) is 5.75 Å². The Labute approximate surface area is 214 Å². The van der Waals surface area contributed by atoms with Crippen LogP contribution in [0.25, 0.3) is 22.3 Å². The smallest absolute Gasteiger partial charge is 0.256 e. The van der Waals surface area contributed by atoms with Crippen LogP contribution in [0.15, 0.2) is 48.5 Å². The number of aromatic nitrogens is 3. The van der Waals surface area contributed by atoms with E-state index in [1.807, 2.05) is 24.3 Å². The van der Waals surface area contributed by atoms with Crippen LogP contribution >= 0.6 is 0 Å². The van der Waals surface area contributed by atoms with Crippen molar-refractivity contribution < 1.29 is 18.7 Å². The minimum atomic E-state index is -0.545. The molecule has 0 bridgehead atoms. The molecule has 2 aromatic carbocycles. The number of amides is 1. The van der Waals surface area contributed by atoms with Crippen molar-refractivity contribution in [2.24, 2.45) is 0 Å². The molecule has 0 spiro atoms. The predicted molar refractivity (Wildman–Crippen MR) is 141 cm³/mol. The van der Waals surface area contributed by atoms with E-state index in [9.17, 15) is 9.18 Å². The zero-order valence-electron chi connectivity index (χ0n) is 21.1. The number of anilines is 2. The van der Waals surface area contributed by atoms with Crippen LogP contribution in [-0.4, -0.2) is 60.5 Å². The minimum Gasteiger partial charge on any atom is -0.497 e. The number of fused-ring (bicyclic) bond motifs is 1. The molecule has 3 heterocycles. The average Bonchev–Trinajstić information content (AvgIpc) is 3.30. The van der Waals surface area contributed by atoms with Crippen molar-refractivity contribution in [3.05, 3.63) is 59.9 Å². The second-order valence-corrected chi connectivity index (χ2v) is 9.23. The first-order valence-electron chi connectivity index (χ1n) is 12.1. The van der Waals surface area contributed by atoms with Gasteiger partial charge in [0.25, 0.3) is 5.91 Å². The largest absolute Gasteiger partial charge is 0.497 e. The fourth-order valence-corrected chi connectivity index (χ4v) is 4.72. The second-order valence-electron chi connectivity index (χ2n) is 9.23. The van der Waals surface area contributed by atoms with Crippen molar-refractivity contribution in [3.8, 4) is 22.8 Å². The maximum Gasteiger partial charge on any atom is 0.256 e. The third kappa shape index (κ3) is 4.92. The normalized spacial score (nSPS) is 17.6. The topological polar surface area (TPSA) is 104 Å². The van der Waals surface area contributed by atoms with Crippen molar-refractivity contribution in [2.45, 2.75) is 25.9 Å². The maximum atomic E-state index is 14.9. The van der Waals surface area contributed by atoms with Crippen LogP contribution in [0, 0.1) is 5.82 Å². The Balaban J connectivity index is 1.35. The Bertz CT molecular complexity index is 1430. The van der Waals surface area contributed by atoms with E-state index in [2.05, 4.69) is 44.6 Å². The molecule has 2 aromatic heterocycles. The summed E-state index contributed by atoms with van der Waals surface area (Å²) in [5.41, 5.74) is 2.61. The second kappa shape index (κ2) is 10.1. The van der Waals surface area contributed by atoms with Crippen molar-refractivity contribution in [1.82, 2.24) is 20.5 Å². The summed E-state index contributed by atoms with van der Waals surface area (Å²) in [5, 5.41) is 14.0. The Morgan fingerprint density at radius 3 is 2.46 bits per heavy atom. The van der Waals surface area contributed by atoms with Gasteiger partial charge in [-0.05, 0) is 56.3 Å². The summed E-state index contributed by atoms with van der Waals surface area (Å²) in [5.74, 6) is 0.0168. The van der Waals surface area contributed by atoms with E-state index in [0.717, 1.165) is 18.8 Å². The van der Waals surface area contributed by atoms with E-state index in [4.69, 9.17) is 9.47 Å². The molecule has 37 heavy (non-hydrogen) atoms. The highest BCUT2D eigenvalue weighted by Crippen LogP contribution is 2.34. The van der Waals surface area contributed by atoms with Gasteiger partial charge in [0.2, 0.25) is 0 Å². The molecule has 192 valence electrons. The molecule has 1 saturated heterocycles. The third-order valence-electron chi connectivity index (χ3n) is 6.45. The zero-order chi connectivity index (χ0) is 26.1. The number of H-pyrrole nitrogens is 1. The number of pyridine rings is 1. The number of nitrogens with zero attached hydrogens (tertiary/aromatic N) is 3. The highest BCUT2D eigenvalue weighted by atomic mass is 19.1. The zero-order valence-corrected chi connectivity index (χ0v) is 21.1. The van der Waals surface area contributed by atoms with E-state index < -0.39 is 5.82 Å². The molecule has 9 nitrogen and oxygen atoms in total. The number of piperazine rings is 1. The molecule has 3 N–H and O–H groups in total. The highest BCUT2D eigenvalue weighted by molar-refractivity contribution is 6.07. The van der Waals surface area contributed by atoms with Gasteiger partial charge in [0.15, 0.2) is 23.0 Å². The summed E-state index contributed by atoms with van der Waals surface area (Å²) < 4.78 is 25.3. The molecule has 0 aliphatic carbocycles. The van der Waals surface area contributed by atoms with Gasteiger partial charge in [0.05, 0.1) is 25.3 Å². The summed E-state index contributed by atoms with van der Waals surface area (Å²) in [4.78, 5) is 19.8. The number of methoxy groups -OCH3 is 2. The molecule has 1 amide bonds. The van der Waals surface area contributed by atoms with Gasteiger partial charge in [-0.25, -0.2) is 9.37 Å². The van der Waals surface area contributed by atoms with Gasteiger partial charge < -0.3 is 25.0 Å². The van der Waals surface area contributed by atoms with Crippen LogP contribution in [0.2, 0.25) is 0 Å². The number of hydrogen-bond acceptors (Lipinski definition) is 7.